The summed E-state index contributed by atoms with van der Waals surface area (Å²) in [5, 5.41) is 6.98. The summed E-state index contributed by atoms with van der Waals surface area (Å²) in [7, 11) is 1.91. The van der Waals surface area contributed by atoms with Gasteiger partial charge in [-0.25, -0.2) is 4.98 Å². The molecule has 3 rings (SSSR count). The molecule has 1 aromatic rings. The number of aliphatic imine (C=N–C) groups is 1. The van der Waals surface area contributed by atoms with Crippen LogP contribution in [0.4, 0.5) is 0 Å². The Labute approximate surface area is 150 Å². The first-order valence-corrected chi connectivity index (χ1v) is 10.3. The lowest BCUT2D eigenvalue weighted by molar-refractivity contribution is 0.299. The second-order valence-corrected chi connectivity index (χ2v) is 9.25. The van der Waals surface area contributed by atoms with Crippen LogP contribution in [0.15, 0.2) is 10.4 Å². The topological polar surface area (TPSA) is 40.5 Å². The van der Waals surface area contributed by atoms with Crippen LogP contribution in [0, 0.1) is 11.8 Å². The van der Waals surface area contributed by atoms with Gasteiger partial charge in [-0.1, -0.05) is 33.6 Å². The van der Waals surface area contributed by atoms with E-state index < -0.39 is 0 Å². The maximum absolute atomic E-state index is 4.79. The number of nitrogens with one attached hydrogen (secondary N) is 1. The molecule has 0 amide bonds. The van der Waals surface area contributed by atoms with Crippen molar-refractivity contribution in [2.24, 2.45) is 16.8 Å². The third-order valence-corrected chi connectivity index (χ3v) is 6.34. The van der Waals surface area contributed by atoms with E-state index in [1.807, 2.05) is 7.05 Å². The molecule has 24 heavy (non-hydrogen) atoms. The minimum atomic E-state index is 0.143. The molecule has 1 saturated carbocycles. The summed E-state index contributed by atoms with van der Waals surface area (Å²) >= 11 is 1.78. The Hall–Kier alpha value is -1.10. The number of thiazole rings is 1. The number of likely N-dealkylation sites (tertiary alicyclic amines) is 1. The molecule has 1 aromatic heterocycles. The minimum Gasteiger partial charge on any atom is -0.356 e. The fourth-order valence-electron chi connectivity index (χ4n) is 3.96. The van der Waals surface area contributed by atoms with Gasteiger partial charge >= 0.3 is 0 Å². The maximum Gasteiger partial charge on any atom is 0.193 e. The molecule has 1 N–H and O–H groups in total. The van der Waals surface area contributed by atoms with Crippen molar-refractivity contribution in [3.63, 3.8) is 0 Å². The summed E-state index contributed by atoms with van der Waals surface area (Å²) in [5.41, 5.74) is 1.35. The fourth-order valence-corrected chi connectivity index (χ4v) is 4.99. The second-order valence-electron chi connectivity index (χ2n) is 8.31. The Bertz CT molecular complexity index is 558. The van der Waals surface area contributed by atoms with Gasteiger partial charge in [-0.15, -0.1) is 11.3 Å². The molecule has 4 nitrogen and oxygen atoms in total. The van der Waals surface area contributed by atoms with Crippen molar-refractivity contribution in [1.29, 1.82) is 0 Å². The van der Waals surface area contributed by atoms with Gasteiger partial charge in [-0.05, 0) is 24.7 Å². The monoisotopic (exact) mass is 348 g/mol. The average Bonchev–Trinajstić information content (AvgIpc) is 3.17. The summed E-state index contributed by atoms with van der Waals surface area (Å²) in [6.07, 6.45) is 6.63. The van der Waals surface area contributed by atoms with Crippen LogP contribution in [0.5, 0.6) is 0 Å². The number of nitrogens with zero attached hydrogens (tertiary/aromatic N) is 3. The molecule has 5 heteroatoms. The molecule has 2 atom stereocenters. The third kappa shape index (κ3) is 4.11. The summed E-state index contributed by atoms with van der Waals surface area (Å²) in [5.74, 6) is 2.87. The summed E-state index contributed by atoms with van der Waals surface area (Å²) in [6.45, 7) is 9.96. The molecule has 2 heterocycles. The van der Waals surface area contributed by atoms with Gasteiger partial charge in [-0.2, -0.15) is 0 Å². The van der Waals surface area contributed by atoms with E-state index in [-0.39, 0.29) is 5.41 Å². The van der Waals surface area contributed by atoms with Crippen LogP contribution in [0.2, 0.25) is 0 Å². The fraction of sp³-hybridized carbons (Fsp3) is 0.789. The predicted octanol–water partition coefficient (Wildman–Crippen LogP) is 3.68. The van der Waals surface area contributed by atoms with Crippen LogP contribution < -0.4 is 5.32 Å². The molecule has 0 bridgehead atoms. The number of rotatable bonds is 3. The van der Waals surface area contributed by atoms with E-state index in [1.54, 1.807) is 11.3 Å². The van der Waals surface area contributed by atoms with E-state index in [2.05, 4.69) is 41.4 Å². The van der Waals surface area contributed by atoms with Gasteiger partial charge in [0.15, 0.2) is 5.96 Å². The Kier molecular flexibility index (Phi) is 5.48. The molecule has 0 aromatic carbocycles. The van der Waals surface area contributed by atoms with E-state index >= 15 is 0 Å². The van der Waals surface area contributed by atoms with E-state index in [4.69, 9.17) is 4.98 Å². The highest BCUT2D eigenvalue weighted by Gasteiger charge is 2.35. The summed E-state index contributed by atoms with van der Waals surface area (Å²) in [4.78, 5) is 11.8. The first-order valence-electron chi connectivity index (χ1n) is 9.38. The zero-order valence-corrected chi connectivity index (χ0v) is 16.5. The van der Waals surface area contributed by atoms with Crippen molar-refractivity contribution in [3.05, 3.63) is 16.1 Å². The first kappa shape index (κ1) is 17.7. The van der Waals surface area contributed by atoms with E-state index in [0.29, 0.717) is 0 Å². The van der Waals surface area contributed by atoms with Crippen LogP contribution in [0.25, 0.3) is 0 Å². The number of guanidine groups is 1. The van der Waals surface area contributed by atoms with Crippen LogP contribution in [-0.4, -0.2) is 42.5 Å². The number of fused-ring (bicyclic) bond motifs is 1. The molecule has 1 aliphatic carbocycles. The Morgan fingerprint density at radius 1 is 1.29 bits per heavy atom. The molecule has 1 saturated heterocycles. The van der Waals surface area contributed by atoms with Crippen molar-refractivity contribution < 1.29 is 0 Å². The molecule has 1 aliphatic heterocycles. The SMILES string of the molecule is CN=C(NCCc1nc(C(C)(C)C)cs1)N1CC2CCCCC2C1. The average molecular weight is 349 g/mol. The summed E-state index contributed by atoms with van der Waals surface area (Å²) in [6, 6.07) is 0. The number of hydrogen-bond acceptors (Lipinski definition) is 3. The lowest BCUT2D eigenvalue weighted by Gasteiger charge is -2.22. The van der Waals surface area contributed by atoms with Gasteiger partial charge in [0, 0.05) is 43.9 Å². The third-order valence-electron chi connectivity index (χ3n) is 5.43. The van der Waals surface area contributed by atoms with Crippen molar-refractivity contribution >= 4 is 17.3 Å². The van der Waals surface area contributed by atoms with E-state index in [0.717, 1.165) is 30.8 Å². The molecule has 134 valence electrons. The van der Waals surface area contributed by atoms with Crippen LogP contribution >= 0.6 is 11.3 Å². The van der Waals surface area contributed by atoms with Crippen molar-refractivity contribution in [2.45, 2.75) is 58.3 Å². The molecular weight excluding hydrogens is 316 g/mol. The van der Waals surface area contributed by atoms with Crippen LogP contribution in [0.1, 0.15) is 57.2 Å². The highest BCUT2D eigenvalue weighted by Crippen LogP contribution is 2.35. The molecule has 0 radical (unpaired) electrons. The Balaban J connectivity index is 1.49. The van der Waals surface area contributed by atoms with Gasteiger partial charge in [0.05, 0.1) is 10.7 Å². The zero-order valence-electron chi connectivity index (χ0n) is 15.6. The van der Waals surface area contributed by atoms with Crippen molar-refractivity contribution in [1.82, 2.24) is 15.2 Å². The molecular formula is C19H32N4S. The smallest absolute Gasteiger partial charge is 0.193 e. The molecule has 2 unspecified atom stereocenters. The van der Waals surface area contributed by atoms with Crippen molar-refractivity contribution in [2.75, 3.05) is 26.7 Å². The highest BCUT2D eigenvalue weighted by atomic mass is 32.1. The van der Waals surface area contributed by atoms with Gasteiger partial charge < -0.3 is 10.2 Å². The second kappa shape index (κ2) is 7.42. The predicted molar refractivity (Wildman–Crippen MR) is 103 cm³/mol. The molecule has 0 spiro atoms. The number of aromatic nitrogens is 1. The Morgan fingerprint density at radius 2 is 1.96 bits per heavy atom. The largest absolute Gasteiger partial charge is 0.356 e. The number of hydrogen-bond donors (Lipinski definition) is 1. The van der Waals surface area contributed by atoms with Gasteiger partial charge in [-0.3, -0.25) is 4.99 Å². The molecule has 2 fully saturated rings. The maximum atomic E-state index is 4.79. The van der Waals surface area contributed by atoms with Crippen LogP contribution in [0.3, 0.4) is 0 Å². The lowest BCUT2D eigenvalue weighted by Crippen LogP contribution is -2.41. The summed E-state index contributed by atoms with van der Waals surface area (Å²) < 4.78 is 0. The van der Waals surface area contributed by atoms with E-state index in [1.165, 1.54) is 49.5 Å². The van der Waals surface area contributed by atoms with Gasteiger partial charge in [0.1, 0.15) is 0 Å². The van der Waals surface area contributed by atoms with Gasteiger partial charge in [0.2, 0.25) is 0 Å². The van der Waals surface area contributed by atoms with E-state index in [9.17, 15) is 0 Å². The van der Waals surface area contributed by atoms with Crippen molar-refractivity contribution in [3.8, 4) is 0 Å². The normalized spacial score (nSPS) is 25.0. The standard InChI is InChI=1S/C19H32N4S/c1-19(2,3)16-13-24-17(22-16)9-10-21-18(20-4)23-11-14-7-5-6-8-15(14)12-23/h13-15H,5-12H2,1-4H3,(H,20,21). The Morgan fingerprint density at radius 3 is 2.50 bits per heavy atom. The zero-order chi connectivity index (χ0) is 17.2. The minimum absolute atomic E-state index is 0.143. The molecule has 2 aliphatic rings. The highest BCUT2D eigenvalue weighted by molar-refractivity contribution is 7.09. The van der Waals surface area contributed by atoms with Crippen LogP contribution in [-0.2, 0) is 11.8 Å². The lowest BCUT2D eigenvalue weighted by atomic mass is 9.82. The first-order chi connectivity index (χ1) is 11.5. The van der Waals surface area contributed by atoms with Gasteiger partial charge in [0.25, 0.3) is 0 Å². The quantitative estimate of drug-likeness (QED) is 0.669.